The predicted molar refractivity (Wildman–Crippen MR) is 83.6 cm³/mol. The van der Waals surface area contributed by atoms with Crippen molar-refractivity contribution in [1.29, 1.82) is 0 Å². The zero-order chi connectivity index (χ0) is 17.0. The van der Waals surface area contributed by atoms with E-state index in [1.807, 2.05) is 0 Å². The molecule has 0 aliphatic heterocycles. The van der Waals surface area contributed by atoms with Gasteiger partial charge in [0.1, 0.15) is 0 Å². The lowest BCUT2D eigenvalue weighted by Crippen LogP contribution is -2.14. The fourth-order valence-electron chi connectivity index (χ4n) is 2.04. The number of benzene rings is 2. The van der Waals surface area contributed by atoms with E-state index in [9.17, 15) is 19.3 Å². The van der Waals surface area contributed by atoms with Crippen molar-refractivity contribution in [3.05, 3.63) is 63.5 Å². The van der Waals surface area contributed by atoms with Crippen LogP contribution in [0.25, 0.3) is 0 Å². The monoisotopic (exact) mass is 318 g/mol. The molecule has 0 heterocycles. The van der Waals surface area contributed by atoms with E-state index in [1.54, 1.807) is 19.1 Å². The van der Waals surface area contributed by atoms with Crippen molar-refractivity contribution < 1.29 is 18.8 Å². The summed E-state index contributed by atoms with van der Waals surface area (Å²) in [5.74, 6) is -0.900. The molecule has 0 saturated carbocycles. The van der Waals surface area contributed by atoms with Crippen molar-refractivity contribution in [2.75, 3.05) is 19.0 Å². The van der Waals surface area contributed by atoms with Gasteiger partial charge in [-0.2, -0.15) is 0 Å². The molecule has 23 heavy (non-hydrogen) atoms. The van der Waals surface area contributed by atoms with E-state index in [0.717, 1.165) is 6.07 Å². The molecule has 2 aromatic carbocycles. The number of hydrogen-bond acceptors (Lipinski definition) is 5. The van der Waals surface area contributed by atoms with E-state index in [0.29, 0.717) is 11.3 Å². The first-order valence-corrected chi connectivity index (χ1v) is 6.78. The molecule has 2 aromatic rings. The van der Waals surface area contributed by atoms with Crippen molar-refractivity contribution in [2.45, 2.75) is 6.92 Å². The number of carbonyl (C=O) groups is 1. The van der Waals surface area contributed by atoms with Gasteiger partial charge in [-0.15, -0.1) is 0 Å². The highest BCUT2D eigenvalue weighted by Gasteiger charge is 2.13. The van der Waals surface area contributed by atoms with Crippen LogP contribution in [0.4, 0.5) is 15.8 Å². The number of carbonyl (C=O) groups excluding carboxylic acids is 1. The van der Waals surface area contributed by atoms with Gasteiger partial charge in [0.2, 0.25) is 0 Å². The summed E-state index contributed by atoms with van der Waals surface area (Å²) in [4.78, 5) is 22.5. The molecule has 6 nitrogen and oxygen atoms in total. The molecule has 0 bridgehead atoms. The number of aryl methyl sites for hydroxylation is 1. The Hall–Kier alpha value is -2.96. The van der Waals surface area contributed by atoms with Crippen LogP contribution in [0.5, 0.6) is 5.75 Å². The van der Waals surface area contributed by atoms with Gasteiger partial charge in [0.25, 0.3) is 5.69 Å². The van der Waals surface area contributed by atoms with Gasteiger partial charge in [-0.3, -0.25) is 14.9 Å². The summed E-state index contributed by atoms with van der Waals surface area (Å²) in [5, 5.41) is 13.7. The van der Waals surface area contributed by atoms with Crippen LogP contribution in [0, 0.1) is 22.9 Å². The third-order valence-corrected chi connectivity index (χ3v) is 3.33. The highest BCUT2D eigenvalue weighted by atomic mass is 19.1. The normalized spacial score (nSPS) is 10.2. The van der Waals surface area contributed by atoms with Crippen molar-refractivity contribution in [1.82, 2.24) is 0 Å². The topological polar surface area (TPSA) is 81.5 Å². The summed E-state index contributed by atoms with van der Waals surface area (Å²) in [7, 11) is 1.34. The lowest BCUT2D eigenvalue weighted by Gasteiger charge is -2.08. The number of Topliss-reactive ketones (excluding diaryl/α,β-unsaturated/α-hetero) is 1. The lowest BCUT2D eigenvalue weighted by molar-refractivity contribution is -0.385. The number of nitro benzene ring substituents is 1. The van der Waals surface area contributed by atoms with E-state index in [2.05, 4.69) is 5.32 Å². The summed E-state index contributed by atoms with van der Waals surface area (Å²) >= 11 is 0. The van der Waals surface area contributed by atoms with Gasteiger partial charge < -0.3 is 10.1 Å². The SMILES string of the molecule is COc1ccc(C(=O)CNc2ccc(C)c([N+](=O)[O-])c2)cc1F. The van der Waals surface area contributed by atoms with Crippen molar-refractivity contribution in [2.24, 2.45) is 0 Å². The summed E-state index contributed by atoms with van der Waals surface area (Å²) in [5.41, 5.74) is 1.14. The Morgan fingerprint density at radius 3 is 2.65 bits per heavy atom. The lowest BCUT2D eigenvalue weighted by atomic mass is 10.1. The smallest absolute Gasteiger partial charge is 0.274 e. The molecule has 0 aliphatic rings. The molecule has 120 valence electrons. The fraction of sp³-hybridized carbons (Fsp3) is 0.188. The third kappa shape index (κ3) is 3.82. The highest BCUT2D eigenvalue weighted by Crippen LogP contribution is 2.22. The van der Waals surface area contributed by atoms with Crippen LogP contribution in [0.2, 0.25) is 0 Å². The first kappa shape index (κ1) is 16.4. The maximum Gasteiger partial charge on any atom is 0.274 e. The predicted octanol–water partition coefficient (Wildman–Crippen LogP) is 3.35. The molecule has 7 heteroatoms. The van der Waals surface area contributed by atoms with Gasteiger partial charge >= 0.3 is 0 Å². The maximum atomic E-state index is 13.6. The zero-order valence-corrected chi connectivity index (χ0v) is 12.6. The molecule has 0 aromatic heterocycles. The van der Waals surface area contributed by atoms with Crippen LogP contribution < -0.4 is 10.1 Å². The molecule has 2 rings (SSSR count). The van der Waals surface area contributed by atoms with E-state index in [1.165, 1.54) is 25.3 Å². The molecule has 0 fully saturated rings. The Kier molecular flexibility index (Phi) is 4.90. The number of nitrogens with zero attached hydrogens (tertiary/aromatic N) is 1. The number of nitrogens with one attached hydrogen (secondary N) is 1. The number of anilines is 1. The standard InChI is InChI=1S/C16H15FN2O4/c1-10-3-5-12(8-14(10)19(21)22)18-9-15(20)11-4-6-16(23-2)13(17)7-11/h3-8,18H,9H2,1-2H3. The van der Waals surface area contributed by atoms with Crippen LogP contribution in [-0.4, -0.2) is 24.4 Å². The molecule has 0 atom stereocenters. The number of hydrogen-bond donors (Lipinski definition) is 1. The first-order chi connectivity index (χ1) is 10.9. The zero-order valence-electron chi connectivity index (χ0n) is 12.6. The van der Waals surface area contributed by atoms with Crippen molar-refractivity contribution in [3.8, 4) is 5.75 Å². The minimum atomic E-state index is -0.621. The van der Waals surface area contributed by atoms with Crippen LogP contribution in [0.1, 0.15) is 15.9 Å². The van der Waals surface area contributed by atoms with Gasteiger partial charge in [0.15, 0.2) is 17.3 Å². The molecule has 0 unspecified atom stereocenters. The quantitative estimate of drug-likeness (QED) is 0.502. The molecule has 0 radical (unpaired) electrons. The fourth-order valence-corrected chi connectivity index (χ4v) is 2.04. The summed E-state index contributed by atoms with van der Waals surface area (Å²) in [6.45, 7) is 1.53. The van der Waals surface area contributed by atoms with Gasteiger partial charge in [-0.1, -0.05) is 6.07 Å². The largest absolute Gasteiger partial charge is 0.494 e. The summed E-state index contributed by atoms with van der Waals surface area (Å²) in [6, 6.07) is 8.53. The van der Waals surface area contributed by atoms with Gasteiger partial charge in [0, 0.05) is 22.9 Å². The number of nitro groups is 1. The minimum absolute atomic E-state index is 0.0297. The van der Waals surface area contributed by atoms with Crippen LogP contribution in [0.15, 0.2) is 36.4 Å². The second-order valence-corrected chi connectivity index (χ2v) is 4.88. The number of halogens is 1. The van der Waals surface area contributed by atoms with Crippen LogP contribution in [0.3, 0.4) is 0 Å². The third-order valence-electron chi connectivity index (χ3n) is 3.33. The molecule has 1 N–H and O–H groups in total. The summed E-state index contributed by atoms with van der Waals surface area (Å²) in [6.07, 6.45) is 0. The van der Waals surface area contributed by atoms with E-state index in [4.69, 9.17) is 4.74 Å². The maximum absolute atomic E-state index is 13.6. The molecular weight excluding hydrogens is 303 g/mol. The van der Waals surface area contributed by atoms with Gasteiger partial charge in [-0.05, 0) is 31.2 Å². The van der Waals surface area contributed by atoms with E-state index < -0.39 is 10.7 Å². The minimum Gasteiger partial charge on any atom is -0.494 e. The Morgan fingerprint density at radius 2 is 2.04 bits per heavy atom. The average Bonchev–Trinajstić information content (AvgIpc) is 2.53. The van der Waals surface area contributed by atoms with Gasteiger partial charge in [0.05, 0.1) is 18.6 Å². The number of ether oxygens (including phenoxy) is 1. The van der Waals surface area contributed by atoms with E-state index >= 15 is 0 Å². The summed E-state index contributed by atoms with van der Waals surface area (Å²) < 4.78 is 18.4. The Balaban J connectivity index is 2.09. The van der Waals surface area contributed by atoms with Crippen LogP contribution >= 0.6 is 0 Å². The number of rotatable bonds is 6. The highest BCUT2D eigenvalue weighted by molar-refractivity contribution is 5.99. The second kappa shape index (κ2) is 6.87. The van der Waals surface area contributed by atoms with E-state index in [-0.39, 0.29) is 29.3 Å². The Morgan fingerprint density at radius 1 is 1.30 bits per heavy atom. The molecule has 0 aliphatic carbocycles. The molecule has 0 saturated heterocycles. The number of ketones is 1. The Bertz CT molecular complexity index is 762. The van der Waals surface area contributed by atoms with Crippen LogP contribution in [-0.2, 0) is 0 Å². The molecule has 0 spiro atoms. The van der Waals surface area contributed by atoms with Gasteiger partial charge in [-0.25, -0.2) is 4.39 Å². The average molecular weight is 318 g/mol. The van der Waals surface area contributed by atoms with Crippen molar-refractivity contribution in [3.63, 3.8) is 0 Å². The molecule has 0 amide bonds. The second-order valence-electron chi connectivity index (χ2n) is 4.88. The molecular formula is C16H15FN2O4. The number of methoxy groups -OCH3 is 1. The van der Waals surface area contributed by atoms with Crippen molar-refractivity contribution >= 4 is 17.2 Å². The Labute approximate surface area is 132 Å². The first-order valence-electron chi connectivity index (χ1n) is 6.78.